The number of benzene rings is 2. The molecule has 0 saturated carbocycles. The lowest BCUT2D eigenvalue weighted by molar-refractivity contribution is -0.136. The molecule has 2 aliphatic rings. The van der Waals surface area contributed by atoms with Crippen LogP contribution in [0.4, 0.5) is 5.69 Å². The third-order valence-corrected chi connectivity index (χ3v) is 8.91. The van der Waals surface area contributed by atoms with Gasteiger partial charge in [-0.25, -0.2) is 8.42 Å². The maximum absolute atomic E-state index is 13.6. The summed E-state index contributed by atoms with van der Waals surface area (Å²) in [5.74, 6) is -0.352. The first-order valence-electron chi connectivity index (χ1n) is 12.5. The number of likely N-dealkylation sites (N-methyl/N-ethyl adjacent to an activating group) is 1. The van der Waals surface area contributed by atoms with Crippen molar-refractivity contribution in [2.45, 2.75) is 30.8 Å². The second-order valence-corrected chi connectivity index (χ2v) is 11.8. The number of aromatic nitrogens is 1. The predicted octanol–water partition coefficient (Wildman–Crippen LogP) is 3.36. The van der Waals surface area contributed by atoms with E-state index in [1.165, 1.54) is 11.9 Å². The number of H-pyrrole nitrogens is 1. The van der Waals surface area contributed by atoms with Crippen molar-refractivity contribution < 1.29 is 19.4 Å². The minimum atomic E-state index is -3.94. The van der Waals surface area contributed by atoms with Crippen LogP contribution in [0.25, 0.3) is 22.2 Å². The molecular formula is C27H33N5O4S. The number of sulfonamides is 1. The van der Waals surface area contributed by atoms with Crippen molar-refractivity contribution in [1.29, 1.82) is 5.26 Å². The Morgan fingerprint density at radius 1 is 1.19 bits per heavy atom. The molecule has 2 saturated heterocycles. The molecule has 37 heavy (non-hydrogen) atoms. The average molecular weight is 524 g/mol. The molecule has 1 aromatic heterocycles. The van der Waals surface area contributed by atoms with Crippen molar-refractivity contribution in [2.75, 3.05) is 51.3 Å². The summed E-state index contributed by atoms with van der Waals surface area (Å²) in [5.41, 5.74) is 4.81. The Morgan fingerprint density at radius 3 is 2.73 bits per heavy atom. The van der Waals surface area contributed by atoms with Gasteiger partial charge in [-0.05, 0) is 55.7 Å². The number of nitrogens with one attached hydrogen (secondary N) is 1. The number of ether oxygens (including phenoxy) is 1. The van der Waals surface area contributed by atoms with Crippen LogP contribution in [0.2, 0.25) is 0 Å². The van der Waals surface area contributed by atoms with E-state index < -0.39 is 16.1 Å². The molecule has 0 spiro atoms. The molecule has 5 rings (SSSR count). The van der Waals surface area contributed by atoms with Gasteiger partial charge in [-0.3, -0.25) is 4.79 Å². The second kappa shape index (κ2) is 10.2. The van der Waals surface area contributed by atoms with Gasteiger partial charge < -0.3 is 19.5 Å². The molecule has 2 aliphatic heterocycles. The molecule has 9 nitrogen and oxygen atoms in total. The Hall–Kier alpha value is -3.39. The van der Waals surface area contributed by atoms with E-state index in [-0.39, 0.29) is 31.9 Å². The number of nitrogens with zero attached hydrogens (tertiary/aromatic N) is 4. The standard InChI is InChI=1S/C27H31N5O4S.H2/c1-19-5-6-20-14-25(29-24(20)13-19)23-15-22(7-8-26(23)31-9-3-4-10-31)37(34,35)30(2)18-27(33)32-11-12-36-21(16-28)17-32;/h5-8,13-15,21,29H,3-4,9-12,17-18H2,1-2H3;1H. The van der Waals surface area contributed by atoms with E-state index in [2.05, 4.69) is 34.1 Å². The van der Waals surface area contributed by atoms with E-state index >= 15 is 0 Å². The predicted molar refractivity (Wildman–Crippen MR) is 144 cm³/mol. The van der Waals surface area contributed by atoms with Crippen LogP contribution in [0.1, 0.15) is 19.8 Å². The number of hydrogen-bond acceptors (Lipinski definition) is 6. The number of amides is 1. The highest BCUT2D eigenvalue weighted by Gasteiger charge is 2.30. The molecule has 0 radical (unpaired) electrons. The van der Waals surface area contributed by atoms with Crippen molar-refractivity contribution in [2.24, 2.45) is 0 Å². The Bertz CT molecular complexity index is 1480. The van der Waals surface area contributed by atoms with Gasteiger partial charge >= 0.3 is 0 Å². The molecule has 0 aliphatic carbocycles. The minimum absolute atomic E-state index is 0. The highest BCUT2D eigenvalue weighted by molar-refractivity contribution is 7.89. The summed E-state index contributed by atoms with van der Waals surface area (Å²) in [6.07, 6.45) is 1.51. The van der Waals surface area contributed by atoms with Crippen molar-refractivity contribution in [3.63, 3.8) is 0 Å². The van der Waals surface area contributed by atoms with Crippen molar-refractivity contribution in [3.05, 3.63) is 48.0 Å². The molecule has 1 unspecified atom stereocenters. The van der Waals surface area contributed by atoms with Crippen LogP contribution in [0.5, 0.6) is 0 Å². The first kappa shape index (κ1) is 25.3. The maximum Gasteiger partial charge on any atom is 0.243 e. The molecular weight excluding hydrogens is 490 g/mol. The fraction of sp³-hybridized carbons (Fsp3) is 0.407. The second-order valence-electron chi connectivity index (χ2n) is 9.74. The lowest BCUT2D eigenvalue weighted by Gasteiger charge is -2.31. The number of nitriles is 1. The van der Waals surface area contributed by atoms with Gasteiger partial charge in [-0.1, -0.05) is 12.1 Å². The third kappa shape index (κ3) is 5.07. The van der Waals surface area contributed by atoms with Crippen LogP contribution >= 0.6 is 0 Å². The van der Waals surface area contributed by atoms with Crippen molar-refractivity contribution in [1.82, 2.24) is 14.2 Å². The summed E-state index contributed by atoms with van der Waals surface area (Å²) in [4.78, 5) is 20.2. The van der Waals surface area contributed by atoms with Gasteiger partial charge in [0.15, 0.2) is 6.10 Å². The highest BCUT2D eigenvalue weighted by Crippen LogP contribution is 2.36. The molecule has 196 valence electrons. The van der Waals surface area contributed by atoms with E-state index in [4.69, 9.17) is 10.00 Å². The lowest BCUT2D eigenvalue weighted by atomic mass is 10.1. The van der Waals surface area contributed by atoms with Gasteiger partial charge in [0.25, 0.3) is 0 Å². The molecule has 0 bridgehead atoms. The van der Waals surface area contributed by atoms with E-state index in [1.807, 2.05) is 19.1 Å². The molecule has 1 amide bonds. The van der Waals surface area contributed by atoms with Gasteiger partial charge in [-0.2, -0.15) is 9.57 Å². The number of anilines is 1. The SMILES string of the molecule is Cc1ccc2cc(-c3cc(S(=O)(=O)N(C)CC(=O)N4CCOC(C#N)C4)ccc3N3CCCC3)[nH]c2c1.[HH]. The topological polar surface area (TPSA) is 110 Å². The molecule has 3 aromatic rings. The van der Waals surface area contributed by atoms with Crippen LogP contribution < -0.4 is 4.90 Å². The molecule has 1 N–H and O–H groups in total. The quantitative estimate of drug-likeness (QED) is 0.531. The van der Waals surface area contributed by atoms with E-state index in [9.17, 15) is 13.2 Å². The monoisotopic (exact) mass is 523 g/mol. The van der Waals surface area contributed by atoms with Gasteiger partial charge in [-0.15, -0.1) is 0 Å². The Kier molecular flexibility index (Phi) is 6.94. The molecule has 2 fully saturated rings. The van der Waals surface area contributed by atoms with Crippen LogP contribution in [-0.2, 0) is 19.6 Å². The molecule has 2 aromatic carbocycles. The number of aryl methyl sites for hydroxylation is 1. The van der Waals surface area contributed by atoms with Crippen LogP contribution in [-0.4, -0.2) is 81.0 Å². The Balaban J connectivity index is 0.00000336. The van der Waals surface area contributed by atoms with Gasteiger partial charge in [0.05, 0.1) is 30.7 Å². The number of hydrogen-bond donors (Lipinski definition) is 1. The van der Waals surface area contributed by atoms with Gasteiger partial charge in [0, 0.05) is 56.0 Å². The minimum Gasteiger partial charge on any atom is -0.371 e. The maximum atomic E-state index is 13.6. The third-order valence-electron chi connectivity index (χ3n) is 7.11. The summed E-state index contributed by atoms with van der Waals surface area (Å²) in [7, 11) is -2.53. The first-order chi connectivity index (χ1) is 17.8. The van der Waals surface area contributed by atoms with Crippen LogP contribution in [0, 0.1) is 18.3 Å². The lowest BCUT2D eigenvalue weighted by Crippen LogP contribution is -2.48. The van der Waals surface area contributed by atoms with Gasteiger partial charge in [0.2, 0.25) is 15.9 Å². The van der Waals surface area contributed by atoms with E-state index in [1.54, 1.807) is 12.1 Å². The van der Waals surface area contributed by atoms with E-state index in [0.29, 0.717) is 6.54 Å². The highest BCUT2D eigenvalue weighted by atomic mass is 32.2. The van der Waals surface area contributed by atoms with Crippen LogP contribution in [0.3, 0.4) is 0 Å². The fourth-order valence-corrected chi connectivity index (χ4v) is 6.17. The first-order valence-corrected chi connectivity index (χ1v) is 13.9. The summed E-state index contributed by atoms with van der Waals surface area (Å²) in [6, 6.07) is 15.5. The zero-order valence-corrected chi connectivity index (χ0v) is 21.9. The Labute approximate surface area is 218 Å². The average Bonchev–Trinajstić information content (AvgIpc) is 3.58. The van der Waals surface area contributed by atoms with E-state index in [0.717, 1.165) is 63.6 Å². The number of rotatable bonds is 6. The normalized spacial score (nSPS) is 18.5. The summed E-state index contributed by atoms with van der Waals surface area (Å²) < 4.78 is 33.5. The number of fused-ring (bicyclic) bond motifs is 1. The molecule has 3 heterocycles. The number of carbonyl (C=O) groups excluding carboxylic acids is 1. The van der Waals surface area contributed by atoms with Crippen LogP contribution in [0.15, 0.2) is 47.4 Å². The van der Waals surface area contributed by atoms with Crippen molar-refractivity contribution >= 4 is 32.5 Å². The summed E-state index contributed by atoms with van der Waals surface area (Å²) >= 11 is 0. The molecule has 10 heteroatoms. The smallest absolute Gasteiger partial charge is 0.243 e. The zero-order chi connectivity index (χ0) is 26.2. The number of aromatic amines is 1. The van der Waals surface area contributed by atoms with Crippen molar-refractivity contribution in [3.8, 4) is 17.3 Å². The Morgan fingerprint density at radius 2 is 1.97 bits per heavy atom. The summed E-state index contributed by atoms with van der Waals surface area (Å²) in [6.45, 7) is 4.31. The van der Waals surface area contributed by atoms with Gasteiger partial charge in [0.1, 0.15) is 0 Å². The summed E-state index contributed by atoms with van der Waals surface area (Å²) in [5, 5.41) is 10.2. The zero-order valence-electron chi connectivity index (χ0n) is 21.1. The number of morpholine rings is 1. The largest absolute Gasteiger partial charge is 0.371 e. The molecule has 1 atom stereocenters. The number of carbonyl (C=O) groups is 1. The fourth-order valence-electron chi connectivity index (χ4n) is 5.02.